The highest BCUT2D eigenvalue weighted by Crippen LogP contribution is 2.29. The number of fused-ring (bicyclic) bond motifs is 1. The van der Waals surface area contributed by atoms with Crippen molar-refractivity contribution in [2.75, 3.05) is 11.9 Å². The van der Waals surface area contributed by atoms with Gasteiger partial charge in [-0.05, 0) is 53.6 Å². The molecule has 1 aliphatic carbocycles. The summed E-state index contributed by atoms with van der Waals surface area (Å²) in [5, 5.41) is 1.17. The molecule has 19 heavy (non-hydrogen) atoms. The molecule has 0 amide bonds. The molecule has 1 aliphatic rings. The number of halogens is 1. The predicted molar refractivity (Wildman–Crippen MR) is 87.5 cm³/mol. The van der Waals surface area contributed by atoms with Gasteiger partial charge < -0.3 is 4.90 Å². The van der Waals surface area contributed by atoms with Crippen molar-refractivity contribution in [1.82, 2.24) is 9.97 Å². The average molecular weight is 367 g/mol. The molecule has 0 radical (unpaired) electrons. The lowest BCUT2D eigenvalue weighted by Crippen LogP contribution is -2.34. The molecule has 0 aliphatic heterocycles. The van der Waals surface area contributed by atoms with E-state index in [2.05, 4.69) is 62.7 Å². The molecule has 3 rings (SSSR count). The van der Waals surface area contributed by atoms with Gasteiger partial charge in [-0.15, -0.1) is 0 Å². The van der Waals surface area contributed by atoms with Crippen molar-refractivity contribution in [1.29, 1.82) is 0 Å². The van der Waals surface area contributed by atoms with E-state index in [0.717, 1.165) is 11.3 Å². The van der Waals surface area contributed by atoms with Crippen LogP contribution in [-0.4, -0.2) is 23.1 Å². The zero-order valence-electron chi connectivity index (χ0n) is 11.1. The number of hydrogen-bond donors (Lipinski definition) is 0. The van der Waals surface area contributed by atoms with E-state index >= 15 is 0 Å². The molecule has 3 nitrogen and oxygen atoms in total. The monoisotopic (exact) mass is 367 g/mol. The van der Waals surface area contributed by atoms with Gasteiger partial charge in [0.1, 0.15) is 12.1 Å². The van der Waals surface area contributed by atoms with Crippen LogP contribution in [0, 0.1) is 3.57 Å². The van der Waals surface area contributed by atoms with Gasteiger partial charge in [-0.25, -0.2) is 9.97 Å². The summed E-state index contributed by atoms with van der Waals surface area (Å²) in [7, 11) is 2.18. The van der Waals surface area contributed by atoms with Gasteiger partial charge in [0.05, 0.1) is 5.52 Å². The molecule has 0 saturated heterocycles. The normalized spacial score (nSPS) is 16.7. The van der Waals surface area contributed by atoms with E-state index < -0.39 is 0 Å². The molecular weight excluding hydrogens is 349 g/mol. The van der Waals surface area contributed by atoms with Crippen molar-refractivity contribution in [3.63, 3.8) is 0 Å². The van der Waals surface area contributed by atoms with E-state index in [0.29, 0.717) is 6.04 Å². The Morgan fingerprint density at radius 1 is 1.16 bits per heavy atom. The third kappa shape index (κ3) is 2.68. The van der Waals surface area contributed by atoms with Gasteiger partial charge in [-0.3, -0.25) is 0 Å². The van der Waals surface area contributed by atoms with Crippen LogP contribution in [0.4, 0.5) is 5.82 Å². The Bertz CT molecular complexity index is 579. The molecule has 100 valence electrons. The summed E-state index contributed by atoms with van der Waals surface area (Å²) in [6, 6.07) is 6.99. The summed E-state index contributed by atoms with van der Waals surface area (Å²) in [5.41, 5.74) is 1.04. The highest BCUT2D eigenvalue weighted by Gasteiger charge is 2.20. The molecule has 0 spiro atoms. The van der Waals surface area contributed by atoms with Crippen molar-refractivity contribution in [3.8, 4) is 0 Å². The zero-order chi connectivity index (χ0) is 13.2. The van der Waals surface area contributed by atoms with E-state index in [1.54, 1.807) is 6.33 Å². The van der Waals surface area contributed by atoms with Gasteiger partial charge in [-0.1, -0.05) is 19.3 Å². The van der Waals surface area contributed by atoms with Crippen LogP contribution in [0.1, 0.15) is 32.1 Å². The van der Waals surface area contributed by atoms with Gasteiger partial charge in [0.25, 0.3) is 0 Å². The fourth-order valence-corrected chi connectivity index (χ4v) is 3.43. The van der Waals surface area contributed by atoms with E-state index in [4.69, 9.17) is 0 Å². The van der Waals surface area contributed by atoms with Crippen molar-refractivity contribution in [2.24, 2.45) is 0 Å². The number of rotatable bonds is 2. The van der Waals surface area contributed by atoms with Gasteiger partial charge in [-0.2, -0.15) is 0 Å². The van der Waals surface area contributed by atoms with Crippen LogP contribution in [0.15, 0.2) is 24.5 Å². The van der Waals surface area contributed by atoms with E-state index in [-0.39, 0.29) is 0 Å². The topological polar surface area (TPSA) is 29.0 Å². The fraction of sp³-hybridized carbons (Fsp3) is 0.467. The Balaban J connectivity index is 2.01. The minimum absolute atomic E-state index is 0.629. The minimum atomic E-state index is 0.629. The van der Waals surface area contributed by atoms with Crippen LogP contribution < -0.4 is 4.90 Å². The lowest BCUT2D eigenvalue weighted by Gasteiger charge is -2.32. The largest absolute Gasteiger partial charge is 0.356 e. The second-order valence-corrected chi connectivity index (χ2v) is 6.51. The van der Waals surface area contributed by atoms with Gasteiger partial charge in [0.15, 0.2) is 0 Å². The summed E-state index contributed by atoms with van der Waals surface area (Å²) in [6.07, 6.45) is 8.32. The highest BCUT2D eigenvalue weighted by molar-refractivity contribution is 14.1. The molecule has 1 heterocycles. The lowest BCUT2D eigenvalue weighted by molar-refractivity contribution is 0.426. The standard InChI is InChI=1S/C15H18IN3/c1-19(12-5-3-2-4-6-12)15-13-9-11(16)7-8-14(13)17-10-18-15/h7-10,12H,2-6H2,1H3. The van der Waals surface area contributed by atoms with Crippen LogP contribution in [0.2, 0.25) is 0 Å². The Morgan fingerprint density at radius 3 is 2.74 bits per heavy atom. The molecule has 1 aromatic heterocycles. The zero-order valence-corrected chi connectivity index (χ0v) is 13.3. The predicted octanol–water partition coefficient (Wildman–Crippen LogP) is 4.00. The number of hydrogen-bond acceptors (Lipinski definition) is 3. The lowest BCUT2D eigenvalue weighted by atomic mass is 9.94. The molecule has 0 bridgehead atoms. The molecule has 1 fully saturated rings. The van der Waals surface area contributed by atoms with Gasteiger partial charge >= 0.3 is 0 Å². The summed E-state index contributed by atoms with van der Waals surface area (Å²) in [4.78, 5) is 11.3. The van der Waals surface area contributed by atoms with Crippen LogP contribution >= 0.6 is 22.6 Å². The second-order valence-electron chi connectivity index (χ2n) is 5.26. The van der Waals surface area contributed by atoms with Crippen LogP contribution in [0.25, 0.3) is 10.9 Å². The molecule has 4 heteroatoms. The first-order valence-corrected chi connectivity index (χ1v) is 7.96. The molecule has 1 aromatic carbocycles. The third-order valence-electron chi connectivity index (χ3n) is 4.03. The summed E-state index contributed by atoms with van der Waals surface area (Å²) in [5.74, 6) is 1.08. The Labute approximate surface area is 127 Å². The van der Waals surface area contributed by atoms with Crippen molar-refractivity contribution in [3.05, 3.63) is 28.1 Å². The first-order valence-electron chi connectivity index (χ1n) is 6.89. The smallest absolute Gasteiger partial charge is 0.139 e. The third-order valence-corrected chi connectivity index (χ3v) is 4.70. The molecule has 1 saturated carbocycles. The number of nitrogens with zero attached hydrogens (tertiary/aromatic N) is 3. The maximum absolute atomic E-state index is 4.53. The van der Waals surface area contributed by atoms with E-state index in [9.17, 15) is 0 Å². The SMILES string of the molecule is CN(c1ncnc2ccc(I)cc12)C1CCCCC1. The quantitative estimate of drug-likeness (QED) is 0.752. The van der Waals surface area contributed by atoms with Crippen LogP contribution in [-0.2, 0) is 0 Å². The van der Waals surface area contributed by atoms with Crippen LogP contribution in [0.3, 0.4) is 0 Å². The van der Waals surface area contributed by atoms with E-state index in [1.165, 1.54) is 41.1 Å². The van der Waals surface area contributed by atoms with Gasteiger partial charge in [0, 0.05) is 22.0 Å². The molecule has 0 N–H and O–H groups in total. The second kappa shape index (κ2) is 5.61. The first kappa shape index (κ1) is 13.1. The Hall–Kier alpha value is -0.910. The maximum Gasteiger partial charge on any atom is 0.139 e. The number of anilines is 1. The Kier molecular flexibility index (Phi) is 3.86. The number of benzene rings is 1. The van der Waals surface area contributed by atoms with Crippen molar-refractivity contribution in [2.45, 2.75) is 38.1 Å². The molecule has 0 unspecified atom stereocenters. The van der Waals surface area contributed by atoms with Crippen molar-refractivity contribution < 1.29 is 0 Å². The summed E-state index contributed by atoms with van der Waals surface area (Å²) < 4.78 is 1.23. The van der Waals surface area contributed by atoms with Gasteiger partial charge in [0.2, 0.25) is 0 Å². The minimum Gasteiger partial charge on any atom is -0.356 e. The van der Waals surface area contributed by atoms with Crippen LogP contribution in [0.5, 0.6) is 0 Å². The molecule has 0 atom stereocenters. The van der Waals surface area contributed by atoms with Crippen molar-refractivity contribution >= 4 is 39.3 Å². The summed E-state index contributed by atoms with van der Waals surface area (Å²) >= 11 is 2.35. The number of aromatic nitrogens is 2. The molecule has 2 aromatic rings. The first-order chi connectivity index (χ1) is 9.25. The Morgan fingerprint density at radius 2 is 1.95 bits per heavy atom. The molecular formula is C15H18IN3. The highest BCUT2D eigenvalue weighted by atomic mass is 127. The fourth-order valence-electron chi connectivity index (χ4n) is 2.94. The maximum atomic E-state index is 4.53. The average Bonchev–Trinajstić information content (AvgIpc) is 2.47. The van der Waals surface area contributed by atoms with E-state index in [1.807, 2.05) is 0 Å². The summed E-state index contributed by atoms with van der Waals surface area (Å²) in [6.45, 7) is 0.